The van der Waals surface area contributed by atoms with Crippen LogP contribution in [-0.2, 0) is 14.9 Å². The second-order valence-corrected chi connectivity index (χ2v) is 5.69. The van der Waals surface area contributed by atoms with Gasteiger partial charge in [-0.2, -0.15) is 8.78 Å². The Morgan fingerprint density at radius 2 is 1.75 bits per heavy atom. The summed E-state index contributed by atoms with van der Waals surface area (Å²) in [7, 11) is -5.98. The molecule has 0 spiro atoms. The highest BCUT2D eigenvalue weighted by Crippen LogP contribution is 2.29. The summed E-state index contributed by atoms with van der Waals surface area (Å²) >= 11 is 0. The van der Waals surface area contributed by atoms with Crippen LogP contribution in [-0.4, -0.2) is 36.6 Å². The Morgan fingerprint density at radius 3 is 2.06 bits per heavy atom. The van der Waals surface area contributed by atoms with Gasteiger partial charge in [0.25, 0.3) is 0 Å². The van der Waals surface area contributed by atoms with Crippen molar-refractivity contribution in [2.75, 3.05) is 6.61 Å². The van der Waals surface area contributed by atoms with E-state index >= 15 is 0 Å². The number of hydrogen-bond donors (Lipinski definition) is 0. The predicted octanol–water partition coefficient (Wildman–Crippen LogP) is 1.67. The summed E-state index contributed by atoms with van der Waals surface area (Å²) in [4.78, 5) is 0. The summed E-state index contributed by atoms with van der Waals surface area (Å²) in [6.07, 6.45) is -3.91. The molecule has 1 atom stereocenters. The van der Waals surface area contributed by atoms with Crippen molar-refractivity contribution < 1.29 is 30.9 Å². The van der Waals surface area contributed by atoms with Gasteiger partial charge >= 0.3 is 5.25 Å². The smallest absolute Gasteiger partial charge is 0.364 e. The van der Waals surface area contributed by atoms with Gasteiger partial charge in [0.15, 0.2) is 16.3 Å². The summed E-state index contributed by atoms with van der Waals surface area (Å²) in [5.74, 6) is 0. The van der Waals surface area contributed by atoms with E-state index in [-0.39, 0.29) is 0 Å². The maximum atomic E-state index is 12.8. The third-order valence-electron chi connectivity index (χ3n) is 1.60. The Balaban J connectivity index is 4.33. The molecule has 1 unspecified atom stereocenters. The van der Waals surface area contributed by atoms with Gasteiger partial charge < -0.3 is 9.29 Å². The van der Waals surface area contributed by atoms with Gasteiger partial charge in [0.1, 0.15) is 0 Å². The summed E-state index contributed by atoms with van der Waals surface area (Å²) in [6, 6.07) is 0. The molecule has 16 heavy (non-hydrogen) atoms. The van der Waals surface area contributed by atoms with E-state index in [0.29, 0.717) is 0 Å². The van der Waals surface area contributed by atoms with Crippen LogP contribution in [0.25, 0.3) is 0 Å². The lowest BCUT2D eigenvalue weighted by Gasteiger charge is -2.25. The molecule has 0 N–H and O–H groups in total. The van der Waals surface area contributed by atoms with Gasteiger partial charge in [0, 0.05) is 6.42 Å². The molecule has 0 heterocycles. The van der Waals surface area contributed by atoms with Crippen molar-refractivity contribution in [3.63, 3.8) is 0 Å². The summed E-state index contributed by atoms with van der Waals surface area (Å²) in [5.41, 5.74) is -0.647. The van der Waals surface area contributed by atoms with Crippen molar-refractivity contribution >= 4 is 10.1 Å². The van der Waals surface area contributed by atoms with Gasteiger partial charge in [0.05, 0.1) is 12.2 Å². The Kier molecular flexibility index (Phi) is 4.78. The van der Waals surface area contributed by atoms with Gasteiger partial charge in [-0.15, -0.1) is 0 Å². The summed E-state index contributed by atoms with van der Waals surface area (Å²) in [5, 5.41) is -4.91. The van der Waals surface area contributed by atoms with E-state index in [9.17, 15) is 26.1 Å². The minimum Gasteiger partial charge on any atom is -0.743 e. The molecule has 0 saturated heterocycles. The van der Waals surface area contributed by atoms with Crippen LogP contribution < -0.4 is 0 Å². The van der Waals surface area contributed by atoms with E-state index in [2.05, 4.69) is 0 Å². The van der Waals surface area contributed by atoms with Crippen LogP contribution in [0.3, 0.4) is 0 Å². The fourth-order valence-corrected chi connectivity index (χ4v) is 1.22. The Morgan fingerprint density at radius 1 is 1.31 bits per heavy atom. The van der Waals surface area contributed by atoms with Crippen LogP contribution in [0.2, 0.25) is 0 Å². The standard InChI is InChI=1S/C8H15F3O4S/c1-7(2,3)15-5-4-6(9)8(10,11)16(12,13)14/h6H,4-5H2,1-3H3,(H,12,13,14)/p-1. The van der Waals surface area contributed by atoms with Crippen molar-refractivity contribution in [1.82, 2.24) is 0 Å². The maximum Gasteiger partial charge on any atom is 0.364 e. The molecule has 8 heteroatoms. The van der Waals surface area contributed by atoms with Crippen LogP contribution in [0, 0.1) is 0 Å². The number of ether oxygens (including phenoxy) is 1. The molecule has 4 nitrogen and oxygen atoms in total. The average molecular weight is 263 g/mol. The zero-order valence-corrected chi connectivity index (χ0v) is 9.98. The van der Waals surface area contributed by atoms with Crippen LogP contribution in [0.1, 0.15) is 27.2 Å². The number of alkyl halides is 3. The zero-order valence-electron chi connectivity index (χ0n) is 9.17. The van der Waals surface area contributed by atoms with Crippen LogP contribution in [0.5, 0.6) is 0 Å². The molecule has 0 aliphatic heterocycles. The molecule has 0 saturated carbocycles. The lowest BCUT2D eigenvalue weighted by atomic mass is 10.2. The molecule has 0 fully saturated rings. The molecule has 0 aromatic carbocycles. The highest BCUT2D eigenvalue weighted by molar-refractivity contribution is 7.86. The van der Waals surface area contributed by atoms with E-state index in [1.54, 1.807) is 20.8 Å². The SMILES string of the molecule is CC(C)(C)OCCC(F)C(F)(F)S(=O)(=O)[O-]. The first-order valence-corrected chi connectivity index (χ1v) is 5.90. The molecule has 0 aromatic heterocycles. The quantitative estimate of drug-likeness (QED) is 0.708. The fourth-order valence-electron chi connectivity index (χ4n) is 0.793. The third kappa shape index (κ3) is 4.67. The number of rotatable bonds is 5. The highest BCUT2D eigenvalue weighted by atomic mass is 32.2. The molecule has 0 amide bonds. The van der Waals surface area contributed by atoms with E-state index in [0.717, 1.165) is 0 Å². The van der Waals surface area contributed by atoms with Crippen molar-refractivity contribution in [2.45, 2.75) is 44.2 Å². The largest absolute Gasteiger partial charge is 0.743 e. The van der Waals surface area contributed by atoms with Crippen LogP contribution in [0.4, 0.5) is 13.2 Å². The van der Waals surface area contributed by atoms with Crippen molar-refractivity contribution in [2.24, 2.45) is 0 Å². The molecule has 0 aromatic rings. The van der Waals surface area contributed by atoms with Crippen LogP contribution in [0.15, 0.2) is 0 Å². The maximum absolute atomic E-state index is 12.8. The molecule has 0 radical (unpaired) electrons. The first-order valence-electron chi connectivity index (χ1n) is 4.49. The molecule has 0 aliphatic rings. The fraction of sp³-hybridized carbons (Fsp3) is 1.00. The lowest BCUT2D eigenvalue weighted by Crippen LogP contribution is -2.39. The Hall–Kier alpha value is -0.340. The van der Waals surface area contributed by atoms with Gasteiger partial charge in [0.2, 0.25) is 0 Å². The Labute approximate surface area is 92.5 Å². The first kappa shape index (κ1) is 15.7. The normalized spacial score (nSPS) is 16.2. The highest BCUT2D eigenvalue weighted by Gasteiger charge is 2.47. The van der Waals surface area contributed by atoms with E-state index in [1.807, 2.05) is 0 Å². The van der Waals surface area contributed by atoms with E-state index < -0.39 is 40.2 Å². The predicted molar refractivity (Wildman–Crippen MR) is 49.9 cm³/mol. The topological polar surface area (TPSA) is 66.4 Å². The third-order valence-corrected chi connectivity index (χ3v) is 2.53. The zero-order chi connectivity index (χ0) is 13.2. The molecule has 98 valence electrons. The van der Waals surface area contributed by atoms with Gasteiger partial charge in [-0.1, -0.05) is 0 Å². The molecular weight excluding hydrogens is 249 g/mol. The molecule has 0 rings (SSSR count). The van der Waals surface area contributed by atoms with Crippen molar-refractivity contribution in [1.29, 1.82) is 0 Å². The lowest BCUT2D eigenvalue weighted by molar-refractivity contribution is -0.0471. The molecular formula is C8H14F3O4S-. The summed E-state index contributed by atoms with van der Waals surface area (Å²) < 4.78 is 73.2. The minimum atomic E-state index is -5.98. The van der Waals surface area contributed by atoms with E-state index in [1.165, 1.54) is 0 Å². The van der Waals surface area contributed by atoms with Crippen molar-refractivity contribution in [3.8, 4) is 0 Å². The van der Waals surface area contributed by atoms with Crippen LogP contribution >= 0.6 is 0 Å². The number of halogens is 3. The first-order chi connectivity index (χ1) is 6.88. The molecule has 0 aliphatic carbocycles. The van der Waals surface area contributed by atoms with Crippen molar-refractivity contribution in [3.05, 3.63) is 0 Å². The number of hydrogen-bond acceptors (Lipinski definition) is 4. The van der Waals surface area contributed by atoms with Gasteiger partial charge in [-0.25, -0.2) is 12.8 Å². The van der Waals surface area contributed by atoms with E-state index in [4.69, 9.17) is 4.74 Å². The average Bonchev–Trinajstić information content (AvgIpc) is 1.99. The monoisotopic (exact) mass is 263 g/mol. The second-order valence-electron chi connectivity index (χ2n) is 4.23. The minimum absolute atomic E-state index is 0.393. The molecule has 0 bridgehead atoms. The van der Waals surface area contributed by atoms with Gasteiger partial charge in [-0.3, -0.25) is 0 Å². The Bertz CT molecular complexity index is 321. The second kappa shape index (κ2) is 4.89. The summed E-state index contributed by atoms with van der Waals surface area (Å²) in [6.45, 7) is 4.49. The van der Waals surface area contributed by atoms with Gasteiger partial charge in [-0.05, 0) is 20.8 Å².